The van der Waals surface area contributed by atoms with Crippen molar-refractivity contribution in [3.05, 3.63) is 59.4 Å². The molecule has 1 aromatic carbocycles. The van der Waals surface area contributed by atoms with Crippen LogP contribution in [0.1, 0.15) is 54.6 Å². The number of alkyl halides is 3. The lowest BCUT2D eigenvalue weighted by Gasteiger charge is -2.14. The van der Waals surface area contributed by atoms with E-state index in [9.17, 15) is 18.0 Å². The van der Waals surface area contributed by atoms with E-state index in [0.717, 1.165) is 35.2 Å². The number of anilines is 1. The van der Waals surface area contributed by atoms with Crippen molar-refractivity contribution in [2.24, 2.45) is 0 Å². The van der Waals surface area contributed by atoms with E-state index in [2.05, 4.69) is 15.6 Å². The van der Waals surface area contributed by atoms with Gasteiger partial charge in [0.1, 0.15) is 0 Å². The summed E-state index contributed by atoms with van der Waals surface area (Å²) in [6.07, 6.45) is 4.18. The standard InChI is InChI=1S/C25H27F3N4O/c1-4-5-17-13-20(29-11-10-25(26,27)28)22-30-14-21(32(22)15-17)18-6-7-19(16(2)12-18)23(33)31-24(3)8-9-24/h4-7,12-15,29H,8-11H2,1-3H3,(H,31,33)/b5-4+. The van der Waals surface area contributed by atoms with E-state index in [1.807, 2.05) is 61.7 Å². The predicted octanol–water partition coefficient (Wildman–Crippen LogP) is 5.99. The molecule has 1 amide bonds. The first-order chi connectivity index (χ1) is 15.6. The molecule has 174 valence electrons. The number of fused-ring (bicyclic) bond motifs is 1. The molecule has 2 heterocycles. The minimum atomic E-state index is -4.23. The van der Waals surface area contributed by atoms with Gasteiger partial charge >= 0.3 is 6.18 Å². The monoisotopic (exact) mass is 456 g/mol. The van der Waals surface area contributed by atoms with Crippen LogP contribution in [0, 0.1) is 6.92 Å². The van der Waals surface area contributed by atoms with E-state index >= 15 is 0 Å². The maximum Gasteiger partial charge on any atom is 0.390 e. The highest BCUT2D eigenvalue weighted by Gasteiger charge is 2.39. The lowest BCUT2D eigenvalue weighted by Crippen LogP contribution is -2.34. The number of aryl methyl sites for hydroxylation is 1. The molecule has 5 nitrogen and oxygen atoms in total. The third-order valence-corrected chi connectivity index (χ3v) is 5.89. The summed E-state index contributed by atoms with van der Waals surface area (Å²) in [5, 5.41) is 5.96. The average molecular weight is 457 g/mol. The number of amides is 1. The molecule has 8 heteroatoms. The van der Waals surface area contributed by atoms with Crippen molar-refractivity contribution in [2.45, 2.75) is 51.7 Å². The van der Waals surface area contributed by atoms with E-state index in [0.29, 0.717) is 16.9 Å². The normalized spacial score (nSPS) is 15.2. The van der Waals surface area contributed by atoms with Crippen molar-refractivity contribution in [2.75, 3.05) is 11.9 Å². The van der Waals surface area contributed by atoms with Gasteiger partial charge in [-0.05, 0) is 62.9 Å². The Hall–Kier alpha value is -3.29. The van der Waals surface area contributed by atoms with Crippen LogP contribution in [0.2, 0.25) is 0 Å². The number of allylic oxidation sites excluding steroid dienone is 1. The summed E-state index contributed by atoms with van der Waals surface area (Å²) >= 11 is 0. The molecule has 1 aliphatic carbocycles. The molecule has 0 radical (unpaired) electrons. The number of rotatable bonds is 7. The van der Waals surface area contributed by atoms with Gasteiger partial charge in [0.05, 0.1) is 24.0 Å². The number of imidazole rings is 1. The average Bonchev–Trinajstić information content (AvgIpc) is 3.29. The van der Waals surface area contributed by atoms with Crippen molar-refractivity contribution in [3.63, 3.8) is 0 Å². The highest BCUT2D eigenvalue weighted by molar-refractivity contribution is 5.97. The smallest absolute Gasteiger partial charge is 0.382 e. The molecule has 0 unspecified atom stereocenters. The van der Waals surface area contributed by atoms with Crippen molar-refractivity contribution in [1.29, 1.82) is 0 Å². The fourth-order valence-electron chi connectivity index (χ4n) is 3.81. The number of nitrogens with one attached hydrogen (secondary N) is 2. The second-order valence-electron chi connectivity index (χ2n) is 8.86. The molecule has 1 saturated carbocycles. The van der Waals surface area contributed by atoms with Gasteiger partial charge in [0, 0.05) is 29.4 Å². The van der Waals surface area contributed by atoms with Crippen molar-refractivity contribution >= 4 is 23.3 Å². The van der Waals surface area contributed by atoms with Crippen LogP contribution in [-0.2, 0) is 0 Å². The molecule has 2 N–H and O–H groups in total. The molecule has 0 atom stereocenters. The van der Waals surface area contributed by atoms with Crippen LogP contribution < -0.4 is 10.6 Å². The van der Waals surface area contributed by atoms with Gasteiger partial charge in [-0.15, -0.1) is 0 Å². The number of halogens is 3. The summed E-state index contributed by atoms with van der Waals surface area (Å²) in [5.74, 6) is -0.0799. The first-order valence-electron chi connectivity index (χ1n) is 11.0. The molecule has 3 aromatic rings. The highest BCUT2D eigenvalue weighted by Crippen LogP contribution is 2.35. The van der Waals surface area contributed by atoms with Crippen LogP contribution in [0.4, 0.5) is 18.9 Å². The minimum absolute atomic E-state index is 0.0799. The van der Waals surface area contributed by atoms with E-state index in [1.54, 1.807) is 12.3 Å². The number of hydrogen-bond acceptors (Lipinski definition) is 3. The van der Waals surface area contributed by atoms with E-state index in [1.165, 1.54) is 0 Å². The Balaban J connectivity index is 1.67. The van der Waals surface area contributed by atoms with Crippen molar-refractivity contribution < 1.29 is 18.0 Å². The zero-order valence-electron chi connectivity index (χ0n) is 18.9. The van der Waals surface area contributed by atoms with Crippen LogP contribution in [-0.4, -0.2) is 33.6 Å². The van der Waals surface area contributed by atoms with Crippen LogP contribution in [0.25, 0.3) is 23.0 Å². The summed E-state index contributed by atoms with van der Waals surface area (Å²) in [5.41, 5.74) is 4.95. The molecule has 2 aromatic heterocycles. The SMILES string of the molecule is C/C=C/c1cc(NCCC(F)(F)F)c2ncc(-c3ccc(C(=O)NC4(C)CC4)c(C)c3)n2c1. The Morgan fingerprint density at radius 3 is 2.67 bits per heavy atom. The molecule has 0 spiro atoms. The van der Waals surface area contributed by atoms with E-state index in [4.69, 9.17) is 0 Å². The third kappa shape index (κ3) is 5.21. The van der Waals surface area contributed by atoms with E-state index in [-0.39, 0.29) is 18.0 Å². The lowest BCUT2D eigenvalue weighted by atomic mass is 10.0. The summed E-state index contributed by atoms with van der Waals surface area (Å²) < 4.78 is 39.7. The lowest BCUT2D eigenvalue weighted by molar-refractivity contribution is -0.131. The minimum Gasteiger partial charge on any atom is -0.382 e. The van der Waals surface area contributed by atoms with Gasteiger partial charge in [-0.3, -0.25) is 9.20 Å². The first kappa shape index (κ1) is 22.9. The van der Waals surface area contributed by atoms with Gasteiger partial charge in [-0.25, -0.2) is 4.98 Å². The molecule has 0 saturated heterocycles. The van der Waals surface area contributed by atoms with Crippen LogP contribution in [0.3, 0.4) is 0 Å². The van der Waals surface area contributed by atoms with Crippen LogP contribution >= 0.6 is 0 Å². The third-order valence-electron chi connectivity index (χ3n) is 5.89. The first-order valence-corrected chi connectivity index (χ1v) is 11.0. The Morgan fingerprint density at radius 2 is 2.03 bits per heavy atom. The zero-order valence-corrected chi connectivity index (χ0v) is 18.9. The zero-order chi connectivity index (χ0) is 23.8. The maximum absolute atomic E-state index is 12.6. The topological polar surface area (TPSA) is 58.4 Å². The molecule has 0 bridgehead atoms. The predicted molar refractivity (Wildman–Crippen MR) is 124 cm³/mol. The number of benzene rings is 1. The molecule has 4 rings (SSSR count). The Kier molecular flexibility index (Phi) is 5.95. The molecule has 1 aliphatic rings. The quantitative estimate of drug-likeness (QED) is 0.459. The molecular weight excluding hydrogens is 429 g/mol. The van der Waals surface area contributed by atoms with Gasteiger partial charge in [-0.2, -0.15) is 13.2 Å². The number of nitrogens with zero attached hydrogens (tertiary/aromatic N) is 2. The summed E-state index contributed by atoms with van der Waals surface area (Å²) in [7, 11) is 0. The number of aromatic nitrogens is 2. The largest absolute Gasteiger partial charge is 0.390 e. The van der Waals surface area contributed by atoms with Crippen LogP contribution in [0.5, 0.6) is 0 Å². The van der Waals surface area contributed by atoms with E-state index < -0.39 is 12.6 Å². The summed E-state index contributed by atoms with van der Waals surface area (Å²) in [4.78, 5) is 17.1. The number of pyridine rings is 1. The molecule has 33 heavy (non-hydrogen) atoms. The fourth-order valence-corrected chi connectivity index (χ4v) is 3.81. The molecule has 0 aliphatic heterocycles. The second kappa shape index (κ2) is 8.57. The van der Waals surface area contributed by atoms with Gasteiger partial charge in [0.25, 0.3) is 5.91 Å². The number of carbonyl (C=O) groups is 1. The second-order valence-corrected chi connectivity index (χ2v) is 8.86. The number of carbonyl (C=O) groups excluding carboxylic acids is 1. The summed E-state index contributed by atoms with van der Waals surface area (Å²) in [6, 6.07) is 7.41. The van der Waals surface area contributed by atoms with Gasteiger partial charge in [-0.1, -0.05) is 18.2 Å². The molecule has 1 fully saturated rings. The Labute approximate surface area is 190 Å². The maximum atomic E-state index is 12.6. The van der Waals surface area contributed by atoms with Gasteiger partial charge in [0.15, 0.2) is 5.65 Å². The Bertz CT molecular complexity index is 1220. The van der Waals surface area contributed by atoms with Crippen LogP contribution in [0.15, 0.2) is 42.7 Å². The van der Waals surface area contributed by atoms with Gasteiger partial charge in [0.2, 0.25) is 0 Å². The van der Waals surface area contributed by atoms with Crippen molar-refractivity contribution in [3.8, 4) is 11.3 Å². The molecular formula is C25H27F3N4O. The number of hydrogen-bond donors (Lipinski definition) is 2. The van der Waals surface area contributed by atoms with Crippen molar-refractivity contribution in [1.82, 2.24) is 14.7 Å². The Morgan fingerprint density at radius 1 is 1.27 bits per heavy atom. The van der Waals surface area contributed by atoms with Gasteiger partial charge < -0.3 is 10.6 Å². The highest BCUT2D eigenvalue weighted by atomic mass is 19.4. The fraction of sp³-hybridized carbons (Fsp3) is 0.360. The summed E-state index contributed by atoms with van der Waals surface area (Å²) in [6.45, 7) is 5.58.